The van der Waals surface area contributed by atoms with E-state index in [1.54, 1.807) is 18.5 Å². The molecule has 0 aliphatic carbocycles. The second kappa shape index (κ2) is 5.64. The number of aryl methyl sites for hydroxylation is 1. The number of nitrogens with zero attached hydrogens (tertiary/aromatic N) is 1. The molecule has 1 amide bonds. The first kappa shape index (κ1) is 13.9. The van der Waals surface area contributed by atoms with E-state index >= 15 is 0 Å². The van der Waals surface area contributed by atoms with Gasteiger partial charge >= 0.3 is 0 Å². The number of amides is 1. The number of rotatable bonds is 3. The molecule has 2 aromatic rings. The molecule has 2 rings (SSSR count). The summed E-state index contributed by atoms with van der Waals surface area (Å²) in [5.41, 5.74) is 7.13. The molecule has 6 heteroatoms. The summed E-state index contributed by atoms with van der Waals surface area (Å²) < 4.78 is 26.1. The van der Waals surface area contributed by atoms with Crippen LogP contribution in [0.4, 0.5) is 14.5 Å². The lowest BCUT2D eigenvalue weighted by atomic mass is 10.1. The number of hydrogen-bond donors (Lipinski definition) is 2. The highest BCUT2D eigenvalue weighted by Gasteiger charge is 2.14. The van der Waals surface area contributed by atoms with Crippen molar-refractivity contribution in [2.75, 3.05) is 5.73 Å². The number of anilines is 1. The van der Waals surface area contributed by atoms with Crippen LogP contribution >= 0.6 is 0 Å². The number of aromatic nitrogens is 1. The van der Waals surface area contributed by atoms with Crippen molar-refractivity contribution in [1.82, 2.24) is 10.3 Å². The van der Waals surface area contributed by atoms with Crippen molar-refractivity contribution in [3.63, 3.8) is 0 Å². The Balaban J connectivity index is 2.13. The molecule has 0 bridgehead atoms. The van der Waals surface area contributed by atoms with Crippen LogP contribution in [0.5, 0.6) is 0 Å². The molecule has 0 aliphatic heterocycles. The highest BCUT2D eigenvalue weighted by Crippen LogP contribution is 2.17. The topological polar surface area (TPSA) is 68.0 Å². The molecule has 0 aliphatic rings. The van der Waals surface area contributed by atoms with Crippen LogP contribution in [-0.2, 0) is 6.54 Å². The summed E-state index contributed by atoms with van der Waals surface area (Å²) in [5, 5.41) is 2.61. The molecular weight excluding hydrogens is 264 g/mol. The minimum absolute atomic E-state index is 0.0874. The first-order valence-electron chi connectivity index (χ1n) is 5.91. The Morgan fingerprint density at radius 3 is 2.75 bits per heavy atom. The highest BCUT2D eigenvalue weighted by atomic mass is 19.2. The van der Waals surface area contributed by atoms with Gasteiger partial charge in [0.15, 0.2) is 11.6 Å². The predicted octanol–water partition coefficient (Wildman–Crippen LogP) is 2.18. The van der Waals surface area contributed by atoms with Crippen LogP contribution in [0.2, 0.25) is 0 Å². The van der Waals surface area contributed by atoms with Crippen LogP contribution < -0.4 is 11.1 Å². The molecule has 104 valence electrons. The van der Waals surface area contributed by atoms with E-state index in [1.807, 2.05) is 6.92 Å². The van der Waals surface area contributed by atoms with Crippen LogP contribution in [0.1, 0.15) is 21.5 Å². The fourth-order valence-corrected chi connectivity index (χ4v) is 1.73. The third-order valence-corrected chi connectivity index (χ3v) is 2.91. The maximum Gasteiger partial charge on any atom is 0.253 e. The van der Waals surface area contributed by atoms with Crippen molar-refractivity contribution in [3.05, 3.63) is 58.9 Å². The molecule has 0 unspecified atom stereocenters. The number of hydrogen-bond acceptors (Lipinski definition) is 3. The number of halogens is 2. The van der Waals surface area contributed by atoms with Crippen LogP contribution in [0.3, 0.4) is 0 Å². The fraction of sp³-hybridized carbons (Fsp3) is 0.143. The molecule has 20 heavy (non-hydrogen) atoms. The van der Waals surface area contributed by atoms with Crippen LogP contribution in [-0.4, -0.2) is 10.9 Å². The lowest BCUT2D eigenvalue weighted by Gasteiger charge is -2.09. The van der Waals surface area contributed by atoms with E-state index in [4.69, 9.17) is 5.73 Å². The smallest absolute Gasteiger partial charge is 0.253 e. The Bertz CT molecular complexity index is 659. The summed E-state index contributed by atoms with van der Waals surface area (Å²) in [7, 11) is 0. The van der Waals surface area contributed by atoms with Gasteiger partial charge in [0.25, 0.3) is 5.91 Å². The van der Waals surface area contributed by atoms with E-state index < -0.39 is 17.5 Å². The van der Waals surface area contributed by atoms with E-state index in [0.29, 0.717) is 0 Å². The number of carbonyl (C=O) groups is 1. The van der Waals surface area contributed by atoms with Gasteiger partial charge in [-0.3, -0.25) is 9.78 Å². The summed E-state index contributed by atoms with van der Waals surface area (Å²) in [4.78, 5) is 15.9. The van der Waals surface area contributed by atoms with Gasteiger partial charge in [-0.1, -0.05) is 0 Å². The molecule has 0 fully saturated rings. The number of pyridine rings is 1. The van der Waals surface area contributed by atoms with Crippen molar-refractivity contribution in [2.45, 2.75) is 13.5 Å². The summed E-state index contributed by atoms with van der Waals surface area (Å²) >= 11 is 0. The SMILES string of the molecule is Cc1cnccc1CNC(=O)c1cc(F)c(F)cc1N. The van der Waals surface area contributed by atoms with Crippen LogP contribution in [0.15, 0.2) is 30.6 Å². The van der Waals surface area contributed by atoms with Gasteiger partial charge in [0.1, 0.15) is 0 Å². The Morgan fingerprint density at radius 1 is 1.35 bits per heavy atom. The summed E-state index contributed by atoms with van der Waals surface area (Å²) in [6.07, 6.45) is 3.29. The molecule has 3 N–H and O–H groups in total. The van der Waals surface area contributed by atoms with Crippen LogP contribution in [0.25, 0.3) is 0 Å². The van der Waals surface area contributed by atoms with Gasteiger partial charge in [-0.2, -0.15) is 0 Å². The molecule has 0 atom stereocenters. The monoisotopic (exact) mass is 277 g/mol. The molecule has 0 saturated carbocycles. The first-order chi connectivity index (χ1) is 9.49. The zero-order chi connectivity index (χ0) is 14.7. The fourth-order valence-electron chi connectivity index (χ4n) is 1.73. The number of carbonyl (C=O) groups excluding carboxylic acids is 1. The van der Waals surface area contributed by atoms with Gasteiger partial charge in [-0.25, -0.2) is 8.78 Å². The van der Waals surface area contributed by atoms with Gasteiger partial charge in [-0.05, 0) is 30.2 Å². The van der Waals surface area contributed by atoms with Gasteiger partial charge in [0.05, 0.1) is 5.56 Å². The Kier molecular flexibility index (Phi) is 3.93. The third kappa shape index (κ3) is 2.90. The maximum absolute atomic E-state index is 13.1. The predicted molar refractivity (Wildman–Crippen MR) is 70.9 cm³/mol. The third-order valence-electron chi connectivity index (χ3n) is 2.91. The van der Waals surface area contributed by atoms with Crippen molar-refractivity contribution in [3.8, 4) is 0 Å². The van der Waals surface area contributed by atoms with E-state index in [0.717, 1.165) is 23.3 Å². The number of nitrogens with two attached hydrogens (primary N) is 1. The molecule has 1 aromatic carbocycles. The highest BCUT2D eigenvalue weighted by molar-refractivity contribution is 5.99. The van der Waals surface area contributed by atoms with Crippen molar-refractivity contribution >= 4 is 11.6 Å². The van der Waals surface area contributed by atoms with Crippen molar-refractivity contribution < 1.29 is 13.6 Å². The standard InChI is InChI=1S/C14H13F2N3O/c1-8-6-18-3-2-9(8)7-19-14(20)10-4-11(15)12(16)5-13(10)17/h2-6H,7,17H2,1H3,(H,19,20). The number of benzene rings is 1. The maximum atomic E-state index is 13.1. The molecule has 1 heterocycles. The lowest BCUT2D eigenvalue weighted by Crippen LogP contribution is -2.24. The average Bonchev–Trinajstić information content (AvgIpc) is 2.41. The Labute approximate surface area is 114 Å². The molecule has 4 nitrogen and oxygen atoms in total. The second-order valence-corrected chi connectivity index (χ2v) is 4.34. The molecule has 0 saturated heterocycles. The van der Waals surface area contributed by atoms with E-state index in [1.165, 1.54) is 0 Å². The Morgan fingerprint density at radius 2 is 2.05 bits per heavy atom. The number of nitrogen functional groups attached to an aromatic ring is 1. The zero-order valence-electron chi connectivity index (χ0n) is 10.8. The molecule has 0 radical (unpaired) electrons. The summed E-state index contributed by atoms with van der Waals surface area (Å²) in [6, 6.07) is 3.35. The van der Waals surface area contributed by atoms with Crippen molar-refractivity contribution in [1.29, 1.82) is 0 Å². The normalized spacial score (nSPS) is 10.3. The van der Waals surface area contributed by atoms with Gasteiger partial charge < -0.3 is 11.1 Å². The second-order valence-electron chi connectivity index (χ2n) is 4.34. The van der Waals surface area contributed by atoms with E-state index in [9.17, 15) is 13.6 Å². The summed E-state index contributed by atoms with van der Waals surface area (Å²) in [6.45, 7) is 2.12. The number of nitrogens with one attached hydrogen (secondary N) is 1. The average molecular weight is 277 g/mol. The van der Waals surface area contributed by atoms with Crippen LogP contribution in [0, 0.1) is 18.6 Å². The largest absolute Gasteiger partial charge is 0.398 e. The minimum atomic E-state index is -1.11. The van der Waals surface area contributed by atoms with E-state index in [-0.39, 0.29) is 17.8 Å². The molecular formula is C14H13F2N3O. The lowest BCUT2D eigenvalue weighted by molar-refractivity contribution is 0.0951. The summed E-state index contributed by atoms with van der Waals surface area (Å²) in [5.74, 6) is -2.74. The van der Waals surface area contributed by atoms with E-state index in [2.05, 4.69) is 10.3 Å². The van der Waals surface area contributed by atoms with Gasteiger partial charge in [0.2, 0.25) is 0 Å². The molecule has 1 aromatic heterocycles. The quantitative estimate of drug-likeness (QED) is 0.845. The van der Waals surface area contributed by atoms with Gasteiger partial charge in [-0.15, -0.1) is 0 Å². The van der Waals surface area contributed by atoms with Gasteiger partial charge in [0, 0.05) is 30.7 Å². The zero-order valence-corrected chi connectivity index (χ0v) is 10.8. The minimum Gasteiger partial charge on any atom is -0.398 e. The first-order valence-corrected chi connectivity index (χ1v) is 5.91. The van der Waals surface area contributed by atoms with Crippen molar-refractivity contribution in [2.24, 2.45) is 0 Å². The Hall–Kier alpha value is -2.50. The molecule has 0 spiro atoms.